The van der Waals surface area contributed by atoms with Crippen LogP contribution in [-0.4, -0.2) is 35.0 Å². The van der Waals surface area contributed by atoms with E-state index < -0.39 is 5.97 Å². The highest BCUT2D eigenvalue weighted by atomic mass is 16.4. The number of carboxylic acids is 1. The van der Waals surface area contributed by atoms with Crippen molar-refractivity contribution in [2.24, 2.45) is 11.8 Å². The number of hydrogen-bond acceptors (Lipinski definition) is 2. The number of aliphatic carboxylic acids is 1. The number of benzene rings is 1. The molecule has 4 nitrogen and oxygen atoms in total. The monoisotopic (exact) mass is 327 g/mol. The molecule has 0 radical (unpaired) electrons. The number of nitrogens with zero attached hydrogens (tertiary/aromatic N) is 1. The molecule has 24 heavy (non-hydrogen) atoms. The summed E-state index contributed by atoms with van der Waals surface area (Å²) in [4.78, 5) is 26.0. The zero-order valence-corrected chi connectivity index (χ0v) is 14.2. The van der Waals surface area contributed by atoms with Gasteiger partial charge in [-0.2, -0.15) is 0 Å². The molecule has 0 bridgehead atoms. The lowest BCUT2D eigenvalue weighted by Gasteiger charge is -2.22. The third kappa shape index (κ3) is 3.86. The number of carbonyl (C=O) groups excluding carboxylic acids is 1. The van der Waals surface area contributed by atoms with Crippen molar-refractivity contribution in [3.63, 3.8) is 0 Å². The summed E-state index contributed by atoms with van der Waals surface area (Å²) in [7, 11) is 0. The molecule has 1 N–H and O–H groups in total. The predicted molar refractivity (Wildman–Crippen MR) is 93.4 cm³/mol. The lowest BCUT2D eigenvalue weighted by atomic mass is 9.82. The maximum Gasteiger partial charge on any atom is 0.332 e. The number of amides is 1. The molecule has 2 unspecified atom stereocenters. The van der Waals surface area contributed by atoms with Crippen LogP contribution in [0.2, 0.25) is 0 Å². The molecular weight excluding hydrogens is 302 g/mol. The summed E-state index contributed by atoms with van der Waals surface area (Å²) in [6.07, 6.45) is 6.53. The molecule has 2 atom stereocenters. The minimum atomic E-state index is -1.01. The minimum Gasteiger partial charge on any atom is -0.478 e. The summed E-state index contributed by atoms with van der Waals surface area (Å²) in [5.41, 5.74) is 2.11. The predicted octanol–water partition coefficient (Wildman–Crippen LogP) is 3.50. The topological polar surface area (TPSA) is 57.6 Å². The zero-order valence-electron chi connectivity index (χ0n) is 14.2. The van der Waals surface area contributed by atoms with Crippen molar-refractivity contribution >= 4 is 18.0 Å². The molecule has 2 fully saturated rings. The van der Waals surface area contributed by atoms with Gasteiger partial charge in [0.1, 0.15) is 0 Å². The lowest BCUT2D eigenvalue weighted by Crippen LogP contribution is -2.29. The normalized spacial score (nSPS) is 23.9. The van der Waals surface area contributed by atoms with Crippen molar-refractivity contribution in [2.75, 3.05) is 13.1 Å². The zero-order chi connectivity index (χ0) is 17.1. The van der Waals surface area contributed by atoms with Gasteiger partial charge in [0.2, 0.25) is 5.91 Å². The molecule has 2 aliphatic rings. The second kappa shape index (κ2) is 7.20. The van der Waals surface area contributed by atoms with E-state index in [0.717, 1.165) is 24.2 Å². The van der Waals surface area contributed by atoms with Crippen LogP contribution in [0.4, 0.5) is 0 Å². The first-order valence-corrected chi connectivity index (χ1v) is 8.81. The van der Waals surface area contributed by atoms with E-state index in [1.807, 2.05) is 36.1 Å². The van der Waals surface area contributed by atoms with Crippen molar-refractivity contribution in [1.29, 1.82) is 0 Å². The van der Waals surface area contributed by atoms with E-state index in [1.54, 1.807) is 6.08 Å². The van der Waals surface area contributed by atoms with Gasteiger partial charge in [0, 0.05) is 18.7 Å². The largest absolute Gasteiger partial charge is 0.478 e. The van der Waals surface area contributed by atoms with Crippen molar-refractivity contribution in [3.05, 3.63) is 41.0 Å². The number of carboxylic acid groups (broad SMARTS) is 1. The molecular formula is C20H25NO3. The molecule has 1 amide bonds. The number of carbonyl (C=O) groups is 2. The summed E-state index contributed by atoms with van der Waals surface area (Å²) in [5, 5.41) is 9.45. The van der Waals surface area contributed by atoms with Crippen LogP contribution in [0.1, 0.15) is 43.2 Å². The average Bonchev–Trinajstić information content (AvgIpc) is 3.00. The van der Waals surface area contributed by atoms with Crippen LogP contribution < -0.4 is 0 Å². The molecule has 0 aromatic heterocycles. The Morgan fingerprint density at radius 2 is 1.71 bits per heavy atom. The van der Waals surface area contributed by atoms with Crippen LogP contribution in [-0.2, 0) is 9.59 Å². The van der Waals surface area contributed by atoms with Gasteiger partial charge in [-0.3, -0.25) is 4.79 Å². The second-order valence-corrected chi connectivity index (χ2v) is 7.17. The number of likely N-dealkylation sites (tertiary alicyclic amines) is 1. The van der Waals surface area contributed by atoms with Gasteiger partial charge in [0.05, 0.1) is 6.42 Å². The summed E-state index contributed by atoms with van der Waals surface area (Å²) in [6.45, 7) is 3.60. The molecule has 0 spiro atoms. The molecule has 3 rings (SSSR count). The third-order valence-electron chi connectivity index (χ3n) is 5.36. The standard InChI is InChI=1S/C20H25NO3/c1-14-6-8-15(9-7-14)10-18(20(23)24)11-19(22)21-12-16-4-2-3-5-17(16)13-21/h6-10,16-17H,2-5,11-13H2,1H3,(H,23,24)/b18-10-. The van der Waals surface area contributed by atoms with Crippen LogP contribution in [0.25, 0.3) is 6.08 Å². The molecule has 1 aromatic rings. The number of fused-ring (bicyclic) bond motifs is 1. The first kappa shape index (κ1) is 16.7. The van der Waals surface area contributed by atoms with Crippen LogP contribution in [0, 0.1) is 18.8 Å². The van der Waals surface area contributed by atoms with Crippen LogP contribution >= 0.6 is 0 Å². The molecule has 1 aliphatic carbocycles. The Balaban J connectivity index is 1.68. The maximum atomic E-state index is 12.6. The number of hydrogen-bond donors (Lipinski definition) is 1. The van der Waals surface area contributed by atoms with E-state index in [2.05, 4.69) is 0 Å². The highest BCUT2D eigenvalue weighted by molar-refractivity contribution is 5.98. The van der Waals surface area contributed by atoms with Gasteiger partial charge in [-0.25, -0.2) is 4.79 Å². The van der Waals surface area contributed by atoms with Crippen molar-refractivity contribution in [3.8, 4) is 0 Å². The Morgan fingerprint density at radius 1 is 1.12 bits per heavy atom. The van der Waals surface area contributed by atoms with Crippen molar-refractivity contribution in [1.82, 2.24) is 4.90 Å². The minimum absolute atomic E-state index is 0.0251. The molecule has 1 aromatic carbocycles. The summed E-state index contributed by atoms with van der Waals surface area (Å²) in [5.74, 6) is 0.180. The van der Waals surface area contributed by atoms with Crippen molar-refractivity contribution in [2.45, 2.75) is 39.0 Å². The molecule has 1 saturated heterocycles. The molecule has 4 heteroatoms. The van der Waals surface area contributed by atoms with E-state index in [1.165, 1.54) is 25.7 Å². The Morgan fingerprint density at radius 3 is 2.25 bits per heavy atom. The van der Waals surface area contributed by atoms with Gasteiger partial charge in [-0.15, -0.1) is 0 Å². The van der Waals surface area contributed by atoms with Gasteiger partial charge in [-0.1, -0.05) is 42.7 Å². The fourth-order valence-corrected chi connectivity index (χ4v) is 3.94. The first-order valence-electron chi connectivity index (χ1n) is 8.81. The van der Waals surface area contributed by atoms with Crippen LogP contribution in [0.3, 0.4) is 0 Å². The fourth-order valence-electron chi connectivity index (χ4n) is 3.94. The Kier molecular flexibility index (Phi) is 5.03. The molecule has 1 heterocycles. The Labute approximate surface area is 143 Å². The average molecular weight is 327 g/mol. The summed E-state index contributed by atoms with van der Waals surface area (Å²) >= 11 is 0. The fraction of sp³-hybridized carbons (Fsp3) is 0.500. The van der Waals surface area contributed by atoms with E-state index in [4.69, 9.17) is 0 Å². The van der Waals surface area contributed by atoms with Crippen LogP contribution in [0.15, 0.2) is 29.8 Å². The number of aryl methyl sites for hydroxylation is 1. The van der Waals surface area contributed by atoms with Gasteiger partial charge in [-0.05, 0) is 43.2 Å². The van der Waals surface area contributed by atoms with E-state index >= 15 is 0 Å². The van der Waals surface area contributed by atoms with Gasteiger partial charge in [0.25, 0.3) is 0 Å². The Hall–Kier alpha value is -2.10. The smallest absolute Gasteiger partial charge is 0.332 e. The highest BCUT2D eigenvalue weighted by Crippen LogP contribution is 2.36. The van der Waals surface area contributed by atoms with Gasteiger partial charge in [0.15, 0.2) is 0 Å². The SMILES string of the molecule is Cc1ccc(/C=C(/CC(=O)N2CC3CCCCC3C2)C(=O)O)cc1. The molecule has 1 aliphatic heterocycles. The second-order valence-electron chi connectivity index (χ2n) is 7.17. The van der Waals surface area contributed by atoms with Gasteiger partial charge >= 0.3 is 5.97 Å². The maximum absolute atomic E-state index is 12.6. The Bertz CT molecular complexity index is 633. The summed E-state index contributed by atoms with van der Waals surface area (Å²) in [6, 6.07) is 7.65. The van der Waals surface area contributed by atoms with Gasteiger partial charge < -0.3 is 10.0 Å². The molecule has 1 saturated carbocycles. The lowest BCUT2D eigenvalue weighted by molar-refractivity contribution is -0.136. The summed E-state index contributed by atoms with van der Waals surface area (Å²) < 4.78 is 0. The third-order valence-corrected chi connectivity index (χ3v) is 5.36. The quantitative estimate of drug-likeness (QED) is 0.861. The van der Waals surface area contributed by atoms with E-state index in [0.29, 0.717) is 11.8 Å². The van der Waals surface area contributed by atoms with Crippen molar-refractivity contribution < 1.29 is 14.7 Å². The van der Waals surface area contributed by atoms with E-state index in [-0.39, 0.29) is 17.9 Å². The molecule has 128 valence electrons. The highest BCUT2D eigenvalue weighted by Gasteiger charge is 2.36. The van der Waals surface area contributed by atoms with E-state index in [9.17, 15) is 14.7 Å². The number of rotatable bonds is 4. The first-order chi connectivity index (χ1) is 11.5. The van der Waals surface area contributed by atoms with Crippen LogP contribution in [0.5, 0.6) is 0 Å².